The maximum Gasteiger partial charge on any atom is 0.240 e. The second-order valence-corrected chi connectivity index (χ2v) is 5.56. The van der Waals surface area contributed by atoms with Gasteiger partial charge in [-0.3, -0.25) is 0 Å². The van der Waals surface area contributed by atoms with Crippen LogP contribution in [0.5, 0.6) is 0 Å². The van der Waals surface area contributed by atoms with Gasteiger partial charge in [-0.2, -0.15) is 4.98 Å². The molecule has 0 aliphatic rings. The van der Waals surface area contributed by atoms with Crippen LogP contribution in [-0.4, -0.2) is 28.7 Å². The fourth-order valence-electron chi connectivity index (χ4n) is 2.34. The van der Waals surface area contributed by atoms with E-state index in [0.29, 0.717) is 0 Å². The largest absolute Gasteiger partial charge is 0.380 e. The minimum Gasteiger partial charge on any atom is -0.380 e. The molecule has 2 aromatic heterocycles. The van der Waals surface area contributed by atoms with Crippen LogP contribution in [0.15, 0.2) is 36.5 Å². The van der Waals surface area contributed by atoms with E-state index < -0.39 is 0 Å². The van der Waals surface area contributed by atoms with Gasteiger partial charge in [-0.05, 0) is 36.2 Å². The number of nitrogens with zero attached hydrogens (tertiary/aromatic N) is 4. The first-order valence-electron chi connectivity index (χ1n) is 7.15. The van der Waals surface area contributed by atoms with Gasteiger partial charge >= 0.3 is 0 Å². The van der Waals surface area contributed by atoms with Gasteiger partial charge < -0.3 is 16.0 Å². The predicted octanol–water partition coefficient (Wildman–Crippen LogP) is 2.30. The number of aryl methyl sites for hydroxylation is 1. The predicted molar refractivity (Wildman–Crippen MR) is 90.2 cm³/mol. The minimum absolute atomic E-state index is 0.288. The Morgan fingerprint density at radius 2 is 1.95 bits per heavy atom. The zero-order valence-electron chi connectivity index (χ0n) is 13.0. The van der Waals surface area contributed by atoms with Crippen molar-refractivity contribution in [3.63, 3.8) is 0 Å². The van der Waals surface area contributed by atoms with Crippen LogP contribution in [-0.2, 0) is 6.54 Å². The third kappa shape index (κ3) is 2.81. The number of nitrogens with one attached hydrogen (secondary N) is 1. The molecule has 0 saturated heterocycles. The number of hydrogen-bond acceptors (Lipinski definition) is 5. The van der Waals surface area contributed by atoms with Gasteiger partial charge in [0, 0.05) is 26.3 Å². The van der Waals surface area contributed by atoms with Crippen molar-refractivity contribution in [3.8, 4) is 0 Å². The minimum atomic E-state index is 0.288. The van der Waals surface area contributed by atoms with Gasteiger partial charge in [0.2, 0.25) is 5.95 Å². The van der Waals surface area contributed by atoms with Crippen LogP contribution in [0.1, 0.15) is 11.1 Å². The van der Waals surface area contributed by atoms with Crippen molar-refractivity contribution < 1.29 is 0 Å². The highest BCUT2D eigenvalue weighted by Gasteiger charge is 2.05. The molecule has 3 aromatic rings. The summed E-state index contributed by atoms with van der Waals surface area (Å²) in [6.07, 6.45) is 1.92. The summed E-state index contributed by atoms with van der Waals surface area (Å²) in [7, 11) is 4.07. The van der Waals surface area contributed by atoms with Gasteiger partial charge in [-0.1, -0.05) is 12.1 Å². The summed E-state index contributed by atoms with van der Waals surface area (Å²) in [4.78, 5) is 6.24. The highest BCUT2D eigenvalue weighted by molar-refractivity contribution is 5.57. The van der Waals surface area contributed by atoms with E-state index in [0.717, 1.165) is 23.4 Å². The number of fused-ring (bicyclic) bond motifs is 1. The molecule has 1 aromatic carbocycles. The van der Waals surface area contributed by atoms with Crippen molar-refractivity contribution in [1.82, 2.24) is 14.6 Å². The van der Waals surface area contributed by atoms with Crippen LogP contribution in [0, 0.1) is 6.92 Å². The van der Waals surface area contributed by atoms with Crippen molar-refractivity contribution in [3.05, 3.63) is 47.7 Å². The van der Waals surface area contributed by atoms with E-state index in [-0.39, 0.29) is 5.95 Å². The Hall–Kier alpha value is -2.76. The smallest absolute Gasteiger partial charge is 0.240 e. The Labute approximate surface area is 129 Å². The second-order valence-electron chi connectivity index (χ2n) is 5.56. The molecular formula is C16H20N6. The van der Waals surface area contributed by atoms with E-state index in [1.54, 1.807) is 4.52 Å². The summed E-state index contributed by atoms with van der Waals surface area (Å²) in [5.41, 5.74) is 10.9. The van der Waals surface area contributed by atoms with Gasteiger partial charge in [0.15, 0.2) is 5.65 Å². The Morgan fingerprint density at radius 3 is 2.64 bits per heavy atom. The van der Waals surface area contributed by atoms with Crippen LogP contribution in [0.2, 0.25) is 0 Å². The summed E-state index contributed by atoms with van der Waals surface area (Å²) in [6, 6.07) is 10.5. The maximum atomic E-state index is 5.63. The van der Waals surface area contributed by atoms with Crippen LogP contribution < -0.4 is 16.0 Å². The van der Waals surface area contributed by atoms with Crippen molar-refractivity contribution in [2.45, 2.75) is 13.5 Å². The molecule has 0 aliphatic heterocycles. The van der Waals surface area contributed by atoms with E-state index >= 15 is 0 Å². The lowest BCUT2D eigenvalue weighted by molar-refractivity contribution is 0.959. The lowest BCUT2D eigenvalue weighted by Crippen LogP contribution is -2.08. The third-order valence-electron chi connectivity index (χ3n) is 3.63. The summed E-state index contributed by atoms with van der Waals surface area (Å²) in [5.74, 6) is 0.288. The zero-order valence-corrected chi connectivity index (χ0v) is 13.0. The van der Waals surface area contributed by atoms with Crippen LogP contribution in [0.3, 0.4) is 0 Å². The van der Waals surface area contributed by atoms with Crippen molar-refractivity contribution >= 4 is 23.0 Å². The number of hydrogen-bond donors (Lipinski definition) is 2. The van der Waals surface area contributed by atoms with Gasteiger partial charge in [-0.25, -0.2) is 4.52 Å². The number of nitrogen functional groups attached to an aromatic ring is 1. The monoisotopic (exact) mass is 296 g/mol. The molecule has 114 valence electrons. The van der Waals surface area contributed by atoms with E-state index in [1.165, 1.54) is 11.3 Å². The quantitative estimate of drug-likeness (QED) is 0.773. The molecule has 22 heavy (non-hydrogen) atoms. The third-order valence-corrected chi connectivity index (χ3v) is 3.63. The molecule has 0 aliphatic carbocycles. The molecule has 0 fully saturated rings. The van der Waals surface area contributed by atoms with E-state index in [1.807, 2.05) is 33.3 Å². The number of benzene rings is 1. The van der Waals surface area contributed by atoms with Crippen molar-refractivity contribution in [2.75, 3.05) is 30.0 Å². The summed E-state index contributed by atoms with van der Waals surface area (Å²) in [5, 5.41) is 7.58. The number of anilines is 3. The molecule has 0 bridgehead atoms. The lowest BCUT2D eigenvalue weighted by atomic mass is 10.2. The average molecular weight is 296 g/mol. The summed E-state index contributed by atoms with van der Waals surface area (Å²) in [6.45, 7) is 2.80. The lowest BCUT2D eigenvalue weighted by Gasteiger charge is -2.13. The first kappa shape index (κ1) is 14.2. The average Bonchev–Trinajstić information content (AvgIpc) is 2.84. The Morgan fingerprint density at radius 1 is 1.23 bits per heavy atom. The van der Waals surface area contributed by atoms with E-state index in [2.05, 4.69) is 44.6 Å². The SMILES string of the molecule is Cc1cc2nc(N)nn2cc1NCc1ccc(N(C)C)cc1. The van der Waals surface area contributed by atoms with Crippen LogP contribution >= 0.6 is 0 Å². The summed E-state index contributed by atoms with van der Waals surface area (Å²) >= 11 is 0. The van der Waals surface area contributed by atoms with Gasteiger partial charge in [0.1, 0.15) is 0 Å². The highest BCUT2D eigenvalue weighted by atomic mass is 15.3. The van der Waals surface area contributed by atoms with Crippen LogP contribution in [0.4, 0.5) is 17.3 Å². The molecule has 0 amide bonds. The molecular weight excluding hydrogens is 276 g/mol. The fraction of sp³-hybridized carbons (Fsp3) is 0.250. The standard InChI is InChI=1S/C16H20N6/c1-11-8-15-19-16(17)20-22(15)10-14(11)18-9-12-4-6-13(7-5-12)21(2)3/h4-8,10,18H,9H2,1-3H3,(H2,17,20). The molecule has 2 heterocycles. The highest BCUT2D eigenvalue weighted by Crippen LogP contribution is 2.18. The Kier molecular flexibility index (Phi) is 3.58. The molecule has 0 saturated carbocycles. The molecule has 0 spiro atoms. The van der Waals surface area contributed by atoms with Crippen molar-refractivity contribution in [1.29, 1.82) is 0 Å². The number of pyridine rings is 1. The maximum absolute atomic E-state index is 5.63. The van der Waals surface area contributed by atoms with Crippen molar-refractivity contribution in [2.24, 2.45) is 0 Å². The topological polar surface area (TPSA) is 71.5 Å². The molecule has 0 unspecified atom stereocenters. The molecule has 6 nitrogen and oxygen atoms in total. The van der Waals surface area contributed by atoms with Gasteiger partial charge in [0.25, 0.3) is 0 Å². The second kappa shape index (κ2) is 5.55. The zero-order chi connectivity index (χ0) is 15.7. The first-order valence-corrected chi connectivity index (χ1v) is 7.15. The number of aromatic nitrogens is 3. The Bertz CT molecular complexity index is 788. The summed E-state index contributed by atoms with van der Waals surface area (Å²) < 4.78 is 1.69. The molecule has 3 N–H and O–H groups in total. The molecule has 6 heteroatoms. The Balaban J connectivity index is 1.76. The van der Waals surface area contributed by atoms with Crippen LogP contribution in [0.25, 0.3) is 5.65 Å². The number of nitrogens with two attached hydrogens (primary N) is 1. The molecule has 0 radical (unpaired) electrons. The first-order chi connectivity index (χ1) is 10.5. The van der Waals surface area contributed by atoms with E-state index in [4.69, 9.17) is 5.73 Å². The van der Waals surface area contributed by atoms with E-state index in [9.17, 15) is 0 Å². The molecule has 0 atom stereocenters. The molecule has 3 rings (SSSR count). The van der Waals surface area contributed by atoms with Gasteiger partial charge in [0.05, 0.1) is 11.9 Å². The number of rotatable bonds is 4. The normalized spacial score (nSPS) is 10.9. The fourth-order valence-corrected chi connectivity index (χ4v) is 2.34. The van der Waals surface area contributed by atoms with Gasteiger partial charge in [-0.15, -0.1) is 5.10 Å².